The van der Waals surface area contributed by atoms with E-state index in [4.69, 9.17) is 0 Å². The summed E-state index contributed by atoms with van der Waals surface area (Å²) in [6.45, 7) is 0. The molecular weight excluding hydrogens is 430 g/mol. The lowest BCUT2D eigenvalue weighted by molar-refractivity contribution is -0.594. The highest BCUT2D eigenvalue weighted by Gasteiger charge is 2.26. The standard InChI is InChI=1S/C26H27N5O3/c1-30-16-20(14-27-30)23-11-10-17(15-31(23)34)12-19-13-18-6-2-3-7-21(18)28-25(19)26(33)29-22-8-4-5-9-24(22)32/h2-3,6-7,10-11,13-16,22,24,32H,4-5,8-9,12H2,1H3,(H,29,33)/t22-,24-/m0/s1. The Labute approximate surface area is 197 Å². The van der Waals surface area contributed by atoms with Crippen LogP contribution in [-0.2, 0) is 13.5 Å². The number of nitrogens with zero attached hydrogens (tertiary/aromatic N) is 4. The van der Waals surface area contributed by atoms with E-state index in [9.17, 15) is 15.1 Å². The van der Waals surface area contributed by atoms with E-state index in [2.05, 4.69) is 15.4 Å². The zero-order valence-electron chi connectivity index (χ0n) is 19.0. The average Bonchev–Trinajstić information content (AvgIpc) is 3.26. The monoisotopic (exact) mass is 457 g/mol. The second-order valence-electron chi connectivity index (χ2n) is 8.95. The van der Waals surface area contributed by atoms with Gasteiger partial charge in [-0.1, -0.05) is 31.0 Å². The van der Waals surface area contributed by atoms with E-state index < -0.39 is 6.10 Å². The molecule has 1 aromatic carbocycles. The van der Waals surface area contributed by atoms with E-state index in [1.807, 2.05) is 36.4 Å². The SMILES string of the molecule is Cn1cc(-c2ccc(Cc3cc4ccccc4nc3C(=O)N[C@H]3CCCC[C@@H]3O)c[n+]2[O-])cn1. The molecular formula is C26H27N5O3. The third-order valence-electron chi connectivity index (χ3n) is 6.43. The summed E-state index contributed by atoms with van der Waals surface area (Å²) in [6.07, 6.45) is 8.20. The van der Waals surface area contributed by atoms with Gasteiger partial charge in [-0.25, -0.2) is 4.98 Å². The van der Waals surface area contributed by atoms with Crippen LogP contribution in [0.25, 0.3) is 22.2 Å². The van der Waals surface area contributed by atoms with Gasteiger partial charge in [0, 0.05) is 36.7 Å². The van der Waals surface area contributed by atoms with Crippen LogP contribution < -0.4 is 10.0 Å². The maximum Gasteiger partial charge on any atom is 0.270 e. The summed E-state index contributed by atoms with van der Waals surface area (Å²) in [6, 6.07) is 13.0. The molecule has 0 spiro atoms. The number of hydrogen-bond donors (Lipinski definition) is 2. The maximum absolute atomic E-state index is 13.3. The van der Waals surface area contributed by atoms with Crippen molar-refractivity contribution in [2.75, 3.05) is 0 Å². The van der Waals surface area contributed by atoms with Gasteiger partial charge in [-0.3, -0.25) is 9.48 Å². The molecule has 8 heteroatoms. The summed E-state index contributed by atoms with van der Waals surface area (Å²) < 4.78 is 2.48. The number of carbonyl (C=O) groups is 1. The van der Waals surface area contributed by atoms with Gasteiger partial charge in [0.25, 0.3) is 5.91 Å². The molecule has 0 bridgehead atoms. The van der Waals surface area contributed by atoms with Gasteiger partial charge in [-0.15, -0.1) is 0 Å². The van der Waals surface area contributed by atoms with E-state index in [0.29, 0.717) is 24.2 Å². The van der Waals surface area contributed by atoms with Crippen LogP contribution in [0.4, 0.5) is 0 Å². The lowest BCUT2D eigenvalue weighted by atomic mass is 9.92. The summed E-state index contributed by atoms with van der Waals surface area (Å²) in [7, 11) is 1.80. The fourth-order valence-electron chi connectivity index (χ4n) is 4.63. The molecule has 2 N–H and O–H groups in total. The lowest BCUT2D eigenvalue weighted by Crippen LogP contribution is -2.45. The van der Waals surface area contributed by atoms with Crippen molar-refractivity contribution in [3.05, 3.63) is 83.1 Å². The molecule has 3 heterocycles. The number of aromatic nitrogens is 4. The zero-order valence-corrected chi connectivity index (χ0v) is 19.0. The van der Waals surface area contributed by atoms with Crippen molar-refractivity contribution >= 4 is 16.8 Å². The summed E-state index contributed by atoms with van der Waals surface area (Å²) in [4.78, 5) is 17.9. The Balaban J connectivity index is 1.47. The van der Waals surface area contributed by atoms with Crippen molar-refractivity contribution in [3.8, 4) is 11.3 Å². The number of carbonyl (C=O) groups excluding carboxylic acids is 1. The highest BCUT2D eigenvalue weighted by Crippen LogP contribution is 2.23. The first-order valence-electron chi connectivity index (χ1n) is 11.6. The summed E-state index contributed by atoms with van der Waals surface area (Å²) in [5, 5.41) is 31.1. The number of fused-ring (bicyclic) bond motifs is 1. The third-order valence-corrected chi connectivity index (χ3v) is 6.43. The number of rotatable bonds is 5. The molecule has 0 saturated heterocycles. The van der Waals surface area contributed by atoms with Gasteiger partial charge >= 0.3 is 0 Å². The molecule has 174 valence electrons. The van der Waals surface area contributed by atoms with Gasteiger partial charge in [0.15, 0.2) is 6.20 Å². The third kappa shape index (κ3) is 4.49. The minimum atomic E-state index is -0.541. The summed E-state index contributed by atoms with van der Waals surface area (Å²) in [5.41, 5.74) is 3.80. The molecule has 1 saturated carbocycles. The van der Waals surface area contributed by atoms with Crippen LogP contribution in [0, 0.1) is 5.21 Å². The zero-order chi connectivity index (χ0) is 23.7. The summed E-state index contributed by atoms with van der Waals surface area (Å²) >= 11 is 0. The Morgan fingerprint density at radius 3 is 2.82 bits per heavy atom. The highest BCUT2D eigenvalue weighted by molar-refractivity contribution is 5.97. The van der Waals surface area contributed by atoms with E-state index in [-0.39, 0.29) is 11.9 Å². The topological polar surface area (TPSA) is 107 Å². The Bertz CT molecular complexity index is 1350. The average molecular weight is 458 g/mol. The first kappa shape index (κ1) is 22.0. The van der Waals surface area contributed by atoms with Crippen molar-refractivity contribution in [1.29, 1.82) is 0 Å². The van der Waals surface area contributed by atoms with Crippen LogP contribution in [0.2, 0.25) is 0 Å². The van der Waals surface area contributed by atoms with Gasteiger partial charge in [0.2, 0.25) is 5.69 Å². The molecule has 34 heavy (non-hydrogen) atoms. The fourth-order valence-corrected chi connectivity index (χ4v) is 4.63. The van der Waals surface area contributed by atoms with Crippen molar-refractivity contribution in [1.82, 2.24) is 20.1 Å². The van der Waals surface area contributed by atoms with Gasteiger partial charge in [-0.2, -0.15) is 9.83 Å². The molecule has 1 fully saturated rings. The van der Waals surface area contributed by atoms with Gasteiger partial charge in [0.05, 0.1) is 29.4 Å². The molecule has 0 aliphatic heterocycles. The quantitative estimate of drug-likeness (QED) is 0.354. The van der Waals surface area contributed by atoms with Gasteiger partial charge in [-0.05, 0) is 36.6 Å². The van der Waals surface area contributed by atoms with Crippen LogP contribution in [0.1, 0.15) is 47.3 Å². The van der Waals surface area contributed by atoms with E-state index in [0.717, 1.165) is 51.6 Å². The maximum atomic E-state index is 13.3. The number of nitrogens with one attached hydrogen (secondary N) is 1. The second kappa shape index (κ2) is 9.23. The summed E-state index contributed by atoms with van der Waals surface area (Å²) in [5.74, 6) is -0.298. The number of benzene rings is 1. The molecule has 5 rings (SSSR count). The van der Waals surface area contributed by atoms with Crippen LogP contribution in [0.5, 0.6) is 0 Å². The van der Waals surface area contributed by atoms with Crippen LogP contribution in [-0.4, -0.2) is 37.9 Å². The van der Waals surface area contributed by atoms with Crippen molar-refractivity contribution in [2.24, 2.45) is 7.05 Å². The molecule has 1 amide bonds. The Hall–Kier alpha value is -3.78. The Morgan fingerprint density at radius 2 is 2.06 bits per heavy atom. The minimum absolute atomic E-state index is 0.273. The van der Waals surface area contributed by atoms with Gasteiger partial charge < -0.3 is 15.6 Å². The number of aliphatic hydroxyl groups is 1. The predicted octanol–water partition coefficient (Wildman–Crippen LogP) is 2.89. The molecule has 1 aliphatic carbocycles. The van der Waals surface area contributed by atoms with Crippen molar-refractivity contribution in [3.63, 3.8) is 0 Å². The normalized spacial score (nSPS) is 18.2. The second-order valence-corrected chi connectivity index (χ2v) is 8.95. The van der Waals surface area contributed by atoms with E-state index in [1.54, 1.807) is 30.2 Å². The predicted molar refractivity (Wildman–Crippen MR) is 128 cm³/mol. The Morgan fingerprint density at radius 1 is 1.24 bits per heavy atom. The number of aliphatic hydroxyl groups excluding tert-OH is 1. The molecule has 0 unspecified atom stereocenters. The Kier molecular flexibility index (Phi) is 5.98. The molecule has 0 radical (unpaired) electrons. The highest BCUT2D eigenvalue weighted by atomic mass is 16.5. The van der Waals surface area contributed by atoms with Crippen molar-refractivity contribution < 1.29 is 14.6 Å². The first-order chi connectivity index (χ1) is 16.5. The number of amides is 1. The van der Waals surface area contributed by atoms with E-state index in [1.165, 1.54) is 6.20 Å². The molecule has 2 atom stereocenters. The number of pyridine rings is 2. The van der Waals surface area contributed by atoms with Crippen LogP contribution in [0.3, 0.4) is 0 Å². The van der Waals surface area contributed by atoms with Crippen LogP contribution >= 0.6 is 0 Å². The van der Waals surface area contributed by atoms with Crippen LogP contribution in [0.15, 0.2) is 61.1 Å². The van der Waals surface area contributed by atoms with Gasteiger partial charge in [0.1, 0.15) is 5.69 Å². The number of hydrogen-bond acceptors (Lipinski definition) is 5. The molecule has 8 nitrogen and oxygen atoms in total. The smallest absolute Gasteiger partial charge is 0.270 e. The fraction of sp³-hybridized carbons (Fsp3) is 0.308. The first-order valence-corrected chi connectivity index (χ1v) is 11.6. The lowest BCUT2D eigenvalue weighted by Gasteiger charge is -2.28. The number of para-hydroxylation sites is 1. The van der Waals surface area contributed by atoms with E-state index >= 15 is 0 Å². The largest absolute Gasteiger partial charge is 0.618 e. The molecule has 4 aromatic rings. The molecule has 3 aromatic heterocycles. The number of aryl methyl sites for hydroxylation is 1. The molecule has 1 aliphatic rings. The van der Waals surface area contributed by atoms with Crippen molar-refractivity contribution in [2.45, 2.75) is 44.2 Å². The minimum Gasteiger partial charge on any atom is -0.618 e.